The molecule has 114 valence electrons. The minimum Gasteiger partial charge on any atom is -0.387 e. The summed E-state index contributed by atoms with van der Waals surface area (Å²) in [5.74, 6) is 0.195. The van der Waals surface area contributed by atoms with Crippen LogP contribution in [-0.2, 0) is 4.79 Å². The molecule has 3 rings (SSSR count). The van der Waals surface area contributed by atoms with Crippen molar-refractivity contribution in [3.05, 3.63) is 34.9 Å². The number of piperidine rings is 1. The van der Waals surface area contributed by atoms with Crippen molar-refractivity contribution in [3.63, 3.8) is 0 Å². The Hall–Kier alpha value is -1.10. The average molecular weight is 309 g/mol. The Kier molecular flexibility index (Phi) is 4.20. The molecule has 1 amide bonds. The van der Waals surface area contributed by atoms with E-state index in [0.29, 0.717) is 10.6 Å². The standard InChI is InChI=1S/C16H21ClN2O2/c17-13-4-2-1-3-11(13)14(20)10-19-15(21)12-9-16(12)5-7-18-8-6-16/h1-4,12,14,18,20H,5-10H2,(H,19,21). The minimum absolute atomic E-state index is 0.0722. The molecule has 2 atom stereocenters. The predicted octanol–water partition coefficient (Wildman–Crippen LogP) is 1.88. The summed E-state index contributed by atoms with van der Waals surface area (Å²) in [5, 5.41) is 16.9. The van der Waals surface area contributed by atoms with Crippen LogP contribution in [0.2, 0.25) is 5.02 Å². The first-order chi connectivity index (χ1) is 10.1. The van der Waals surface area contributed by atoms with Gasteiger partial charge in [0.05, 0.1) is 6.10 Å². The van der Waals surface area contributed by atoms with Crippen molar-refractivity contribution < 1.29 is 9.90 Å². The third-order valence-corrected chi connectivity index (χ3v) is 5.18. The SMILES string of the molecule is O=C(NCC(O)c1ccccc1Cl)C1CC12CCNCC2. The Balaban J connectivity index is 1.52. The van der Waals surface area contributed by atoms with Crippen molar-refractivity contribution in [1.82, 2.24) is 10.6 Å². The number of hydrogen-bond donors (Lipinski definition) is 3. The molecule has 0 radical (unpaired) electrons. The van der Waals surface area contributed by atoms with Gasteiger partial charge in [-0.05, 0) is 43.8 Å². The van der Waals surface area contributed by atoms with E-state index >= 15 is 0 Å². The van der Waals surface area contributed by atoms with Crippen LogP contribution in [0.25, 0.3) is 0 Å². The molecule has 1 aromatic carbocycles. The van der Waals surface area contributed by atoms with Crippen LogP contribution < -0.4 is 10.6 Å². The van der Waals surface area contributed by atoms with E-state index in [1.165, 1.54) is 0 Å². The highest BCUT2D eigenvalue weighted by atomic mass is 35.5. The second-order valence-corrected chi connectivity index (χ2v) is 6.56. The molecule has 3 N–H and O–H groups in total. The number of halogens is 1. The summed E-state index contributed by atoms with van der Waals surface area (Å²) < 4.78 is 0. The fraction of sp³-hybridized carbons (Fsp3) is 0.562. The quantitative estimate of drug-likeness (QED) is 0.796. The molecular weight excluding hydrogens is 288 g/mol. The van der Waals surface area contributed by atoms with Gasteiger partial charge in [-0.1, -0.05) is 29.8 Å². The number of aliphatic hydroxyl groups is 1. The lowest BCUT2D eigenvalue weighted by molar-refractivity contribution is -0.123. The van der Waals surface area contributed by atoms with Crippen LogP contribution in [0.15, 0.2) is 24.3 Å². The molecule has 5 heteroatoms. The molecule has 1 saturated carbocycles. The third kappa shape index (κ3) is 3.07. The molecule has 1 aliphatic heterocycles. The lowest BCUT2D eigenvalue weighted by atomic mass is 9.92. The second-order valence-electron chi connectivity index (χ2n) is 6.15. The molecule has 1 saturated heterocycles. The molecule has 1 aromatic rings. The molecule has 1 aliphatic carbocycles. The Bertz CT molecular complexity index is 529. The molecule has 0 bridgehead atoms. The van der Waals surface area contributed by atoms with Crippen LogP contribution in [0.3, 0.4) is 0 Å². The zero-order valence-electron chi connectivity index (χ0n) is 11.9. The summed E-state index contributed by atoms with van der Waals surface area (Å²) in [6.07, 6.45) is 2.39. The summed E-state index contributed by atoms with van der Waals surface area (Å²) >= 11 is 6.05. The number of amides is 1. The Morgan fingerprint density at radius 1 is 1.43 bits per heavy atom. The van der Waals surface area contributed by atoms with Gasteiger partial charge < -0.3 is 15.7 Å². The largest absolute Gasteiger partial charge is 0.387 e. The average Bonchev–Trinajstić information content (AvgIpc) is 3.19. The van der Waals surface area contributed by atoms with Crippen molar-refractivity contribution in [1.29, 1.82) is 0 Å². The van der Waals surface area contributed by atoms with Crippen LogP contribution in [0, 0.1) is 11.3 Å². The van der Waals surface area contributed by atoms with Crippen LogP contribution in [0.4, 0.5) is 0 Å². The van der Waals surface area contributed by atoms with Gasteiger partial charge in [-0.15, -0.1) is 0 Å². The van der Waals surface area contributed by atoms with E-state index in [9.17, 15) is 9.90 Å². The monoisotopic (exact) mass is 308 g/mol. The van der Waals surface area contributed by atoms with Gasteiger partial charge in [0, 0.05) is 23.0 Å². The minimum atomic E-state index is -0.759. The van der Waals surface area contributed by atoms with E-state index in [-0.39, 0.29) is 23.8 Å². The first kappa shape index (κ1) is 14.8. The highest BCUT2D eigenvalue weighted by Crippen LogP contribution is 2.58. The highest BCUT2D eigenvalue weighted by Gasteiger charge is 2.57. The maximum atomic E-state index is 12.2. The fourth-order valence-electron chi connectivity index (χ4n) is 3.37. The molecule has 2 fully saturated rings. The summed E-state index contributed by atoms with van der Waals surface area (Å²) in [6.45, 7) is 2.23. The van der Waals surface area contributed by atoms with E-state index in [4.69, 9.17) is 11.6 Å². The Morgan fingerprint density at radius 3 is 2.86 bits per heavy atom. The topological polar surface area (TPSA) is 61.4 Å². The third-order valence-electron chi connectivity index (χ3n) is 4.84. The van der Waals surface area contributed by atoms with Gasteiger partial charge in [0.2, 0.25) is 5.91 Å². The van der Waals surface area contributed by atoms with Gasteiger partial charge >= 0.3 is 0 Å². The molecule has 4 nitrogen and oxygen atoms in total. The summed E-state index contributed by atoms with van der Waals surface area (Å²) in [4.78, 5) is 12.2. The normalized spacial score (nSPS) is 24.6. The lowest BCUT2D eigenvalue weighted by Crippen LogP contribution is -2.35. The smallest absolute Gasteiger partial charge is 0.223 e. The van der Waals surface area contributed by atoms with Gasteiger partial charge in [-0.3, -0.25) is 4.79 Å². The number of benzene rings is 1. The predicted molar refractivity (Wildman–Crippen MR) is 82.1 cm³/mol. The van der Waals surface area contributed by atoms with Crippen molar-refractivity contribution >= 4 is 17.5 Å². The van der Waals surface area contributed by atoms with Crippen LogP contribution in [0.1, 0.15) is 30.9 Å². The Labute approximate surface area is 129 Å². The lowest BCUT2D eigenvalue weighted by Gasteiger charge is -2.23. The number of rotatable bonds is 4. The molecule has 1 heterocycles. The molecule has 2 unspecified atom stereocenters. The molecule has 1 spiro atoms. The molecule has 0 aromatic heterocycles. The van der Waals surface area contributed by atoms with E-state index < -0.39 is 6.10 Å². The summed E-state index contributed by atoms with van der Waals surface area (Å²) in [5.41, 5.74) is 0.886. The summed E-state index contributed by atoms with van der Waals surface area (Å²) in [6, 6.07) is 7.18. The van der Waals surface area contributed by atoms with E-state index in [2.05, 4.69) is 10.6 Å². The van der Waals surface area contributed by atoms with Crippen molar-refractivity contribution in [2.75, 3.05) is 19.6 Å². The van der Waals surface area contributed by atoms with E-state index in [1.807, 2.05) is 12.1 Å². The fourth-order valence-corrected chi connectivity index (χ4v) is 3.63. The Morgan fingerprint density at radius 2 is 2.14 bits per heavy atom. The molecule has 21 heavy (non-hydrogen) atoms. The van der Waals surface area contributed by atoms with Gasteiger partial charge in [-0.25, -0.2) is 0 Å². The van der Waals surface area contributed by atoms with Crippen LogP contribution in [0.5, 0.6) is 0 Å². The van der Waals surface area contributed by atoms with Crippen LogP contribution in [-0.4, -0.2) is 30.6 Å². The zero-order valence-corrected chi connectivity index (χ0v) is 12.7. The van der Waals surface area contributed by atoms with Crippen molar-refractivity contribution in [3.8, 4) is 0 Å². The van der Waals surface area contributed by atoms with E-state index in [0.717, 1.165) is 32.4 Å². The maximum absolute atomic E-state index is 12.2. The maximum Gasteiger partial charge on any atom is 0.223 e. The number of carbonyl (C=O) groups is 1. The molecule has 2 aliphatic rings. The first-order valence-electron chi connectivity index (χ1n) is 7.53. The number of carbonyl (C=O) groups excluding carboxylic acids is 1. The molecular formula is C16H21ClN2O2. The second kappa shape index (κ2) is 5.95. The number of hydrogen-bond acceptors (Lipinski definition) is 3. The van der Waals surface area contributed by atoms with Gasteiger partial charge in [0.25, 0.3) is 0 Å². The zero-order chi connectivity index (χ0) is 14.9. The first-order valence-corrected chi connectivity index (χ1v) is 7.91. The van der Waals surface area contributed by atoms with Crippen LogP contribution >= 0.6 is 11.6 Å². The number of nitrogens with one attached hydrogen (secondary N) is 2. The van der Waals surface area contributed by atoms with Gasteiger partial charge in [-0.2, -0.15) is 0 Å². The highest BCUT2D eigenvalue weighted by molar-refractivity contribution is 6.31. The number of aliphatic hydroxyl groups excluding tert-OH is 1. The summed E-state index contributed by atoms with van der Waals surface area (Å²) in [7, 11) is 0. The van der Waals surface area contributed by atoms with E-state index in [1.54, 1.807) is 12.1 Å². The van der Waals surface area contributed by atoms with Gasteiger partial charge in [0.1, 0.15) is 0 Å². The van der Waals surface area contributed by atoms with Gasteiger partial charge in [0.15, 0.2) is 0 Å². The van der Waals surface area contributed by atoms with Crippen molar-refractivity contribution in [2.45, 2.75) is 25.4 Å². The van der Waals surface area contributed by atoms with Crippen molar-refractivity contribution in [2.24, 2.45) is 11.3 Å².